The SMILES string of the molecule is CC1(C)c2ccccc2-c2c1ccc1c2[nH]c2c(Cl)cccc21. The maximum atomic E-state index is 6.40. The van der Waals surface area contributed by atoms with E-state index in [1.165, 1.54) is 38.5 Å². The summed E-state index contributed by atoms with van der Waals surface area (Å²) in [4.78, 5) is 3.59. The molecule has 3 aromatic carbocycles. The first-order chi connectivity index (χ1) is 11.1. The van der Waals surface area contributed by atoms with Crippen LogP contribution in [-0.2, 0) is 5.41 Å². The number of hydrogen-bond donors (Lipinski definition) is 1. The van der Waals surface area contributed by atoms with Gasteiger partial charge in [-0.05, 0) is 22.8 Å². The number of aromatic amines is 1. The van der Waals surface area contributed by atoms with Crippen LogP contribution in [0.1, 0.15) is 25.0 Å². The van der Waals surface area contributed by atoms with E-state index in [-0.39, 0.29) is 5.41 Å². The molecule has 0 aliphatic heterocycles. The molecule has 0 radical (unpaired) electrons. The van der Waals surface area contributed by atoms with Gasteiger partial charge in [-0.15, -0.1) is 0 Å². The first-order valence-corrected chi connectivity index (χ1v) is 8.30. The van der Waals surface area contributed by atoms with Crippen molar-refractivity contribution in [2.45, 2.75) is 19.3 Å². The van der Waals surface area contributed by atoms with Crippen LogP contribution in [0.2, 0.25) is 5.02 Å². The molecule has 0 spiro atoms. The highest BCUT2D eigenvalue weighted by Crippen LogP contribution is 2.51. The molecule has 2 heteroatoms. The molecule has 1 nitrogen and oxygen atoms in total. The molecule has 0 bridgehead atoms. The molecule has 0 unspecified atom stereocenters. The number of halogens is 1. The Hall–Kier alpha value is -2.25. The smallest absolute Gasteiger partial charge is 0.0654 e. The zero-order chi connectivity index (χ0) is 15.8. The lowest BCUT2D eigenvalue weighted by atomic mass is 9.82. The highest BCUT2D eigenvalue weighted by atomic mass is 35.5. The van der Waals surface area contributed by atoms with Crippen LogP contribution >= 0.6 is 11.6 Å². The minimum absolute atomic E-state index is 0.0290. The molecule has 1 heterocycles. The average molecular weight is 318 g/mol. The van der Waals surface area contributed by atoms with Gasteiger partial charge in [-0.1, -0.05) is 74.0 Å². The number of nitrogens with one attached hydrogen (secondary N) is 1. The molecule has 23 heavy (non-hydrogen) atoms. The van der Waals surface area contributed by atoms with E-state index in [2.05, 4.69) is 61.3 Å². The average Bonchev–Trinajstić information content (AvgIpc) is 3.04. The number of H-pyrrole nitrogens is 1. The first kappa shape index (κ1) is 13.2. The van der Waals surface area contributed by atoms with Crippen LogP contribution in [0.15, 0.2) is 54.6 Å². The number of fused-ring (bicyclic) bond motifs is 7. The van der Waals surface area contributed by atoms with Crippen LogP contribution in [0.5, 0.6) is 0 Å². The minimum Gasteiger partial charge on any atom is -0.353 e. The maximum Gasteiger partial charge on any atom is 0.0654 e. The van der Waals surface area contributed by atoms with Crippen LogP contribution in [-0.4, -0.2) is 4.98 Å². The van der Waals surface area contributed by atoms with Crippen molar-refractivity contribution in [1.29, 1.82) is 0 Å². The Balaban J connectivity index is 2.02. The second-order valence-corrected chi connectivity index (χ2v) is 7.28. The van der Waals surface area contributed by atoms with Gasteiger partial charge in [0.1, 0.15) is 0 Å². The Morgan fingerprint density at radius 2 is 1.57 bits per heavy atom. The summed E-state index contributed by atoms with van der Waals surface area (Å²) in [6, 6.07) is 19.3. The lowest BCUT2D eigenvalue weighted by molar-refractivity contribution is 0.661. The molecule has 1 N–H and O–H groups in total. The zero-order valence-corrected chi connectivity index (χ0v) is 13.8. The highest BCUT2D eigenvalue weighted by molar-refractivity contribution is 6.36. The molecular formula is C21H16ClN. The second kappa shape index (κ2) is 4.18. The highest BCUT2D eigenvalue weighted by Gasteiger charge is 2.36. The molecule has 5 rings (SSSR count). The fraction of sp³-hybridized carbons (Fsp3) is 0.143. The molecule has 0 atom stereocenters. The van der Waals surface area contributed by atoms with Crippen LogP contribution in [0.25, 0.3) is 32.9 Å². The van der Waals surface area contributed by atoms with E-state index in [1.54, 1.807) is 0 Å². The summed E-state index contributed by atoms with van der Waals surface area (Å²) in [5, 5.41) is 3.21. The van der Waals surface area contributed by atoms with Crippen molar-refractivity contribution in [3.63, 3.8) is 0 Å². The Kier molecular flexibility index (Phi) is 2.40. The van der Waals surface area contributed by atoms with Crippen molar-refractivity contribution in [3.8, 4) is 11.1 Å². The summed E-state index contributed by atoms with van der Waals surface area (Å²) >= 11 is 6.40. The summed E-state index contributed by atoms with van der Waals surface area (Å²) in [6.45, 7) is 4.61. The van der Waals surface area contributed by atoms with Gasteiger partial charge in [-0.2, -0.15) is 0 Å². The van der Waals surface area contributed by atoms with Gasteiger partial charge in [-0.25, -0.2) is 0 Å². The van der Waals surface area contributed by atoms with Crippen molar-refractivity contribution in [2.75, 3.05) is 0 Å². The van der Waals surface area contributed by atoms with Crippen molar-refractivity contribution < 1.29 is 0 Å². The Morgan fingerprint density at radius 3 is 2.43 bits per heavy atom. The molecule has 1 aromatic heterocycles. The Morgan fingerprint density at radius 1 is 0.783 bits per heavy atom. The standard InChI is InChI=1S/C21H16ClN/c1-21(2)15-8-4-3-6-14(15)18-16(21)11-10-13-12-7-5-9-17(22)19(12)23-20(13)18/h3-11,23H,1-2H3. The summed E-state index contributed by atoms with van der Waals surface area (Å²) < 4.78 is 0. The molecule has 0 saturated heterocycles. The van der Waals surface area contributed by atoms with E-state index in [4.69, 9.17) is 11.6 Å². The molecular weight excluding hydrogens is 302 g/mol. The van der Waals surface area contributed by atoms with Gasteiger partial charge >= 0.3 is 0 Å². The van der Waals surface area contributed by atoms with Crippen LogP contribution in [0.3, 0.4) is 0 Å². The molecule has 112 valence electrons. The molecule has 0 saturated carbocycles. The van der Waals surface area contributed by atoms with E-state index in [0.29, 0.717) is 0 Å². The number of hydrogen-bond acceptors (Lipinski definition) is 0. The fourth-order valence-electron chi connectivity index (χ4n) is 4.15. The normalized spacial score (nSPS) is 15.1. The van der Waals surface area contributed by atoms with E-state index in [9.17, 15) is 0 Å². The Bertz CT molecular complexity index is 1100. The van der Waals surface area contributed by atoms with Crippen molar-refractivity contribution in [2.24, 2.45) is 0 Å². The minimum atomic E-state index is 0.0290. The third kappa shape index (κ3) is 1.53. The molecule has 1 aliphatic carbocycles. The number of aromatic nitrogens is 1. The predicted octanol–water partition coefficient (Wildman–Crippen LogP) is 6.28. The Labute approximate surface area is 139 Å². The van der Waals surface area contributed by atoms with Gasteiger partial charge in [0.05, 0.1) is 16.1 Å². The van der Waals surface area contributed by atoms with Gasteiger partial charge in [0.25, 0.3) is 0 Å². The van der Waals surface area contributed by atoms with Gasteiger partial charge in [0.15, 0.2) is 0 Å². The number of benzene rings is 3. The summed E-state index contributed by atoms with van der Waals surface area (Å²) in [7, 11) is 0. The van der Waals surface area contributed by atoms with E-state index < -0.39 is 0 Å². The van der Waals surface area contributed by atoms with Gasteiger partial charge in [-0.3, -0.25) is 0 Å². The van der Waals surface area contributed by atoms with Crippen LogP contribution in [0, 0.1) is 0 Å². The number of rotatable bonds is 0. The van der Waals surface area contributed by atoms with Crippen LogP contribution in [0.4, 0.5) is 0 Å². The quantitative estimate of drug-likeness (QED) is 0.393. The molecule has 4 aromatic rings. The van der Waals surface area contributed by atoms with Crippen molar-refractivity contribution in [3.05, 3.63) is 70.7 Å². The summed E-state index contributed by atoms with van der Waals surface area (Å²) in [5.74, 6) is 0. The molecule has 1 aliphatic rings. The lowest BCUT2D eigenvalue weighted by Gasteiger charge is -2.21. The van der Waals surface area contributed by atoms with E-state index in [0.717, 1.165) is 10.5 Å². The summed E-state index contributed by atoms with van der Waals surface area (Å²) in [5.41, 5.74) is 7.70. The zero-order valence-electron chi connectivity index (χ0n) is 13.1. The predicted molar refractivity (Wildman–Crippen MR) is 98.4 cm³/mol. The van der Waals surface area contributed by atoms with Gasteiger partial charge < -0.3 is 4.98 Å². The third-order valence-corrected chi connectivity index (χ3v) is 5.62. The molecule has 0 fully saturated rings. The summed E-state index contributed by atoms with van der Waals surface area (Å²) in [6.07, 6.45) is 0. The van der Waals surface area contributed by atoms with Crippen LogP contribution < -0.4 is 0 Å². The second-order valence-electron chi connectivity index (χ2n) is 6.87. The monoisotopic (exact) mass is 317 g/mol. The number of para-hydroxylation sites is 1. The largest absolute Gasteiger partial charge is 0.353 e. The van der Waals surface area contributed by atoms with Gasteiger partial charge in [0.2, 0.25) is 0 Å². The molecule has 0 amide bonds. The van der Waals surface area contributed by atoms with E-state index >= 15 is 0 Å². The third-order valence-electron chi connectivity index (χ3n) is 5.30. The van der Waals surface area contributed by atoms with Crippen molar-refractivity contribution >= 4 is 33.4 Å². The van der Waals surface area contributed by atoms with E-state index in [1.807, 2.05) is 12.1 Å². The first-order valence-electron chi connectivity index (χ1n) is 7.92. The lowest BCUT2D eigenvalue weighted by Crippen LogP contribution is -2.14. The fourth-order valence-corrected chi connectivity index (χ4v) is 4.37. The maximum absolute atomic E-state index is 6.40. The van der Waals surface area contributed by atoms with Gasteiger partial charge in [0, 0.05) is 21.8 Å². The topological polar surface area (TPSA) is 15.8 Å². The van der Waals surface area contributed by atoms with Crippen molar-refractivity contribution in [1.82, 2.24) is 4.98 Å².